The summed E-state index contributed by atoms with van der Waals surface area (Å²) in [7, 11) is 1.61. The van der Waals surface area contributed by atoms with Gasteiger partial charge in [0.1, 0.15) is 18.1 Å². The molecule has 0 aliphatic heterocycles. The molecular formula is C17H18O4. The number of hydrogen-bond acceptors (Lipinski definition) is 4. The fourth-order valence-electron chi connectivity index (χ4n) is 1.81. The van der Waals surface area contributed by atoms with Crippen molar-refractivity contribution in [2.24, 2.45) is 0 Å². The lowest BCUT2D eigenvalue weighted by Crippen LogP contribution is -2.05. The molecule has 0 saturated heterocycles. The van der Waals surface area contributed by atoms with Gasteiger partial charge in [-0.1, -0.05) is 12.1 Å². The Balaban J connectivity index is 1.91. The van der Waals surface area contributed by atoms with E-state index in [1.807, 2.05) is 31.2 Å². The minimum absolute atomic E-state index is 0.232. The van der Waals surface area contributed by atoms with Crippen LogP contribution < -0.4 is 9.47 Å². The summed E-state index contributed by atoms with van der Waals surface area (Å²) in [6, 6.07) is 14.3. The number of carbonyl (C=O) groups is 1. The van der Waals surface area contributed by atoms with Crippen molar-refractivity contribution in [1.82, 2.24) is 0 Å². The number of methoxy groups -OCH3 is 1. The summed E-state index contributed by atoms with van der Waals surface area (Å²) in [6.45, 7) is 2.74. The molecule has 0 saturated carbocycles. The SMILES string of the molecule is CCOc1ccc(C(=O)OCc2ccc(OC)cc2)cc1. The molecule has 0 aromatic heterocycles. The normalized spacial score (nSPS) is 10.0. The number of benzene rings is 2. The van der Waals surface area contributed by atoms with E-state index in [9.17, 15) is 4.79 Å². The Morgan fingerprint density at radius 2 is 1.57 bits per heavy atom. The van der Waals surface area contributed by atoms with Crippen LogP contribution in [0.15, 0.2) is 48.5 Å². The van der Waals surface area contributed by atoms with E-state index in [2.05, 4.69) is 0 Å². The number of ether oxygens (including phenoxy) is 3. The van der Waals surface area contributed by atoms with Crippen molar-refractivity contribution in [3.8, 4) is 11.5 Å². The first-order chi connectivity index (χ1) is 10.2. The van der Waals surface area contributed by atoms with Crippen molar-refractivity contribution in [1.29, 1.82) is 0 Å². The second-order valence-corrected chi connectivity index (χ2v) is 4.38. The Morgan fingerprint density at radius 3 is 2.14 bits per heavy atom. The van der Waals surface area contributed by atoms with Gasteiger partial charge in [0.05, 0.1) is 19.3 Å². The summed E-state index contributed by atoms with van der Waals surface area (Å²) < 4.78 is 15.7. The van der Waals surface area contributed by atoms with Crippen molar-refractivity contribution in [3.05, 3.63) is 59.7 Å². The fourth-order valence-corrected chi connectivity index (χ4v) is 1.81. The second kappa shape index (κ2) is 7.33. The fraction of sp³-hybridized carbons (Fsp3) is 0.235. The zero-order valence-corrected chi connectivity index (χ0v) is 12.2. The summed E-state index contributed by atoms with van der Waals surface area (Å²) in [6.07, 6.45) is 0. The number of hydrogen-bond donors (Lipinski definition) is 0. The molecule has 2 aromatic carbocycles. The highest BCUT2D eigenvalue weighted by Gasteiger charge is 2.07. The van der Waals surface area contributed by atoms with E-state index in [-0.39, 0.29) is 12.6 Å². The molecule has 0 spiro atoms. The van der Waals surface area contributed by atoms with Crippen LogP contribution >= 0.6 is 0 Å². The van der Waals surface area contributed by atoms with Gasteiger partial charge in [-0.05, 0) is 48.9 Å². The number of carbonyl (C=O) groups excluding carboxylic acids is 1. The van der Waals surface area contributed by atoms with Crippen LogP contribution in [0, 0.1) is 0 Å². The van der Waals surface area contributed by atoms with E-state index >= 15 is 0 Å². The maximum Gasteiger partial charge on any atom is 0.338 e. The summed E-state index contributed by atoms with van der Waals surface area (Å²) in [5.74, 6) is 1.16. The van der Waals surface area contributed by atoms with Gasteiger partial charge in [-0.2, -0.15) is 0 Å². The lowest BCUT2D eigenvalue weighted by atomic mass is 10.2. The van der Waals surface area contributed by atoms with E-state index in [4.69, 9.17) is 14.2 Å². The molecule has 110 valence electrons. The highest BCUT2D eigenvalue weighted by molar-refractivity contribution is 5.89. The zero-order valence-electron chi connectivity index (χ0n) is 12.2. The topological polar surface area (TPSA) is 44.8 Å². The maximum absolute atomic E-state index is 11.9. The van der Waals surface area contributed by atoms with Gasteiger partial charge < -0.3 is 14.2 Å². The first-order valence-electron chi connectivity index (χ1n) is 6.76. The molecule has 0 bridgehead atoms. The van der Waals surface area contributed by atoms with Crippen LogP contribution in [0.1, 0.15) is 22.8 Å². The molecule has 21 heavy (non-hydrogen) atoms. The van der Waals surface area contributed by atoms with Crippen molar-refractivity contribution in [3.63, 3.8) is 0 Å². The van der Waals surface area contributed by atoms with Gasteiger partial charge in [0.15, 0.2) is 0 Å². The lowest BCUT2D eigenvalue weighted by molar-refractivity contribution is 0.0472. The Kier molecular flexibility index (Phi) is 5.21. The first-order valence-corrected chi connectivity index (χ1v) is 6.76. The minimum Gasteiger partial charge on any atom is -0.497 e. The summed E-state index contributed by atoms with van der Waals surface area (Å²) >= 11 is 0. The smallest absolute Gasteiger partial charge is 0.338 e. The molecule has 0 aliphatic rings. The largest absolute Gasteiger partial charge is 0.497 e. The zero-order chi connectivity index (χ0) is 15.1. The van der Waals surface area contributed by atoms with Crippen LogP contribution in [0.5, 0.6) is 11.5 Å². The minimum atomic E-state index is -0.353. The van der Waals surface area contributed by atoms with E-state index < -0.39 is 0 Å². The van der Waals surface area contributed by atoms with E-state index in [1.54, 1.807) is 31.4 Å². The third kappa shape index (κ3) is 4.24. The van der Waals surface area contributed by atoms with Crippen molar-refractivity contribution >= 4 is 5.97 Å². The van der Waals surface area contributed by atoms with E-state index in [0.29, 0.717) is 12.2 Å². The molecule has 0 aliphatic carbocycles. The summed E-state index contributed by atoms with van der Waals surface area (Å²) in [5.41, 5.74) is 1.42. The summed E-state index contributed by atoms with van der Waals surface area (Å²) in [4.78, 5) is 11.9. The molecule has 4 heteroatoms. The average Bonchev–Trinajstić information content (AvgIpc) is 2.54. The standard InChI is InChI=1S/C17H18O4/c1-3-20-16-10-6-14(7-11-16)17(18)21-12-13-4-8-15(19-2)9-5-13/h4-11H,3,12H2,1-2H3. The highest BCUT2D eigenvalue weighted by atomic mass is 16.5. The van der Waals surface area contributed by atoms with Crippen LogP contribution in [0.25, 0.3) is 0 Å². The lowest BCUT2D eigenvalue weighted by Gasteiger charge is -2.07. The van der Waals surface area contributed by atoms with E-state index in [0.717, 1.165) is 17.1 Å². The number of rotatable bonds is 6. The van der Waals surface area contributed by atoms with Crippen molar-refractivity contribution in [2.45, 2.75) is 13.5 Å². The van der Waals surface area contributed by atoms with Gasteiger partial charge in [0, 0.05) is 0 Å². The average molecular weight is 286 g/mol. The third-order valence-electron chi connectivity index (χ3n) is 2.93. The third-order valence-corrected chi connectivity index (χ3v) is 2.93. The van der Waals surface area contributed by atoms with Gasteiger partial charge in [-0.25, -0.2) is 4.79 Å². The maximum atomic E-state index is 11.9. The molecule has 0 N–H and O–H groups in total. The van der Waals surface area contributed by atoms with Crippen LogP contribution in [0.4, 0.5) is 0 Å². The van der Waals surface area contributed by atoms with Crippen molar-refractivity contribution < 1.29 is 19.0 Å². The van der Waals surface area contributed by atoms with Gasteiger partial charge in [0.25, 0.3) is 0 Å². The van der Waals surface area contributed by atoms with Gasteiger partial charge in [-0.15, -0.1) is 0 Å². The first kappa shape index (κ1) is 14.9. The molecular weight excluding hydrogens is 268 g/mol. The van der Waals surface area contributed by atoms with Crippen LogP contribution in [0.2, 0.25) is 0 Å². The predicted octanol–water partition coefficient (Wildman–Crippen LogP) is 3.45. The number of esters is 1. The Hall–Kier alpha value is -2.49. The van der Waals surface area contributed by atoms with Crippen molar-refractivity contribution in [2.75, 3.05) is 13.7 Å². The Bertz CT molecular complexity index is 573. The Morgan fingerprint density at radius 1 is 0.952 bits per heavy atom. The highest BCUT2D eigenvalue weighted by Crippen LogP contribution is 2.15. The van der Waals surface area contributed by atoms with Gasteiger partial charge >= 0.3 is 5.97 Å². The van der Waals surface area contributed by atoms with Crippen LogP contribution in [-0.2, 0) is 11.3 Å². The summed E-state index contributed by atoms with van der Waals surface area (Å²) in [5, 5.41) is 0. The molecule has 2 aromatic rings. The van der Waals surface area contributed by atoms with Crippen LogP contribution in [-0.4, -0.2) is 19.7 Å². The molecule has 0 unspecified atom stereocenters. The van der Waals surface area contributed by atoms with Gasteiger partial charge in [-0.3, -0.25) is 0 Å². The molecule has 0 radical (unpaired) electrons. The molecule has 4 nitrogen and oxygen atoms in total. The second-order valence-electron chi connectivity index (χ2n) is 4.38. The molecule has 0 atom stereocenters. The van der Waals surface area contributed by atoms with Crippen LogP contribution in [0.3, 0.4) is 0 Å². The quantitative estimate of drug-likeness (QED) is 0.763. The Labute approximate surface area is 124 Å². The molecule has 2 rings (SSSR count). The molecule has 0 heterocycles. The van der Waals surface area contributed by atoms with E-state index in [1.165, 1.54) is 0 Å². The molecule has 0 amide bonds. The predicted molar refractivity (Wildman–Crippen MR) is 79.7 cm³/mol. The molecule has 0 fully saturated rings. The monoisotopic (exact) mass is 286 g/mol. The van der Waals surface area contributed by atoms with Gasteiger partial charge in [0.2, 0.25) is 0 Å².